The lowest BCUT2D eigenvalue weighted by atomic mass is 9.96. The van der Waals surface area contributed by atoms with Crippen molar-refractivity contribution in [3.63, 3.8) is 0 Å². The standard InChI is InChI=1S/C24H39F4OSi/c1-8-10-11-12-13-18(9-2)14-15-30(17(3)4,24(5,6)7)29-23-20(26)16-19(25)21(27)22(23)28/h17-18H,8-15H2,1-7H3. The van der Waals surface area contributed by atoms with Gasteiger partial charge in [-0.05, 0) is 29.0 Å². The van der Waals surface area contributed by atoms with E-state index in [4.69, 9.17) is 4.43 Å². The second kappa shape index (κ2) is 11.5. The highest BCUT2D eigenvalue weighted by Crippen LogP contribution is 2.49. The third-order valence-corrected chi connectivity index (χ3v) is 12.5. The molecule has 0 saturated heterocycles. The average molecular weight is 448 g/mol. The van der Waals surface area contributed by atoms with E-state index in [1.165, 1.54) is 25.7 Å². The predicted molar refractivity (Wildman–Crippen MR) is 118 cm³/mol. The number of halogens is 4. The van der Waals surface area contributed by atoms with Crippen LogP contribution < -0.4 is 4.43 Å². The lowest BCUT2D eigenvalue weighted by molar-refractivity contribution is 0.358. The van der Waals surface area contributed by atoms with Gasteiger partial charge in [-0.15, -0.1) is 0 Å². The smallest absolute Gasteiger partial charge is 0.259 e. The van der Waals surface area contributed by atoms with Crippen LogP contribution in [0.5, 0.6) is 5.75 Å². The molecule has 0 heterocycles. The fraction of sp³-hybridized carbons (Fsp3) is 0.750. The van der Waals surface area contributed by atoms with Crippen LogP contribution in [0.15, 0.2) is 0 Å². The highest BCUT2D eigenvalue weighted by molar-refractivity contribution is 6.78. The summed E-state index contributed by atoms with van der Waals surface area (Å²) < 4.78 is 62.1. The van der Waals surface area contributed by atoms with E-state index in [-0.39, 0.29) is 10.6 Å². The zero-order valence-corrected chi connectivity index (χ0v) is 20.7. The Kier molecular flexibility index (Phi) is 10.4. The maximum atomic E-state index is 14.4. The van der Waals surface area contributed by atoms with E-state index in [9.17, 15) is 17.6 Å². The Hall–Kier alpha value is -1.04. The molecule has 1 nitrogen and oxygen atoms in total. The van der Waals surface area contributed by atoms with Gasteiger partial charge in [0.15, 0.2) is 23.2 Å². The molecule has 1 aromatic rings. The molecular formula is C24H39F4OSi. The fourth-order valence-electron chi connectivity index (χ4n) is 4.45. The number of benzene rings is 1. The van der Waals surface area contributed by atoms with E-state index in [2.05, 4.69) is 13.8 Å². The molecule has 0 N–H and O–H groups in total. The van der Waals surface area contributed by atoms with Gasteiger partial charge in [-0.3, -0.25) is 0 Å². The molecule has 0 amide bonds. The van der Waals surface area contributed by atoms with Crippen LogP contribution in [0.1, 0.15) is 93.4 Å². The Balaban J connectivity index is 3.19. The molecule has 0 aliphatic heterocycles. The van der Waals surface area contributed by atoms with Crippen molar-refractivity contribution in [2.24, 2.45) is 5.92 Å². The SMILES string of the molecule is CCCCCCC(CC)CC[Si](Oc1c(F)[c]c(F)c(F)c1F)(C(C)C)C(C)(C)C. The summed E-state index contributed by atoms with van der Waals surface area (Å²) in [5, 5.41) is -0.356. The minimum atomic E-state index is -2.84. The van der Waals surface area contributed by atoms with Crippen LogP contribution in [0.4, 0.5) is 17.6 Å². The normalized spacial score (nSPS) is 15.3. The monoisotopic (exact) mass is 447 g/mol. The third-order valence-electron chi connectivity index (χ3n) is 6.46. The van der Waals surface area contributed by atoms with Gasteiger partial charge in [-0.2, -0.15) is 4.39 Å². The quantitative estimate of drug-likeness (QED) is 0.102. The molecule has 0 fully saturated rings. The molecule has 0 aliphatic carbocycles. The third kappa shape index (κ3) is 6.48. The van der Waals surface area contributed by atoms with Crippen LogP contribution in [0.25, 0.3) is 0 Å². The molecule has 0 bridgehead atoms. The summed E-state index contributed by atoms with van der Waals surface area (Å²) in [4.78, 5) is 0. The Morgan fingerprint density at radius 3 is 2.03 bits per heavy atom. The molecule has 0 saturated carbocycles. The Morgan fingerprint density at radius 1 is 0.900 bits per heavy atom. The highest BCUT2D eigenvalue weighted by Gasteiger charge is 2.51. The molecule has 1 radical (unpaired) electrons. The molecule has 1 aromatic carbocycles. The molecular weight excluding hydrogens is 408 g/mol. The summed E-state index contributed by atoms with van der Waals surface area (Å²) in [6.45, 7) is 14.4. The molecule has 1 rings (SSSR count). The van der Waals surface area contributed by atoms with Gasteiger partial charge in [0.25, 0.3) is 8.32 Å². The van der Waals surface area contributed by atoms with Crippen molar-refractivity contribution >= 4 is 8.32 Å². The Bertz CT molecular complexity index is 672. The number of hydrogen-bond donors (Lipinski definition) is 0. The van der Waals surface area contributed by atoms with Gasteiger partial charge in [0.1, 0.15) is 0 Å². The molecule has 173 valence electrons. The zero-order chi connectivity index (χ0) is 23.1. The molecule has 0 spiro atoms. The first-order valence-electron chi connectivity index (χ1n) is 11.4. The molecule has 2 unspecified atom stereocenters. The first-order chi connectivity index (χ1) is 13.9. The van der Waals surface area contributed by atoms with E-state index >= 15 is 0 Å². The molecule has 0 aliphatic rings. The molecule has 6 heteroatoms. The van der Waals surface area contributed by atoms with E-state index in [0.29, 0.717) is 12.0 Å². The van der Waals surface area contributed by atoms with Gasteiger partial charge in [0, 0.05) is 0 Å². The van der Waals surface area contributed by atoms with Crippen molar-refractivity contribution in [1.29, 1.82) is 0 Å². The number of unbranched alkanes of at least 4 members (excludes halogenated alkanes) is 3. The minimum Gasteiger partial charge on any atom is -0.539 e. The summed E-state index contributed by atoms with van der Waals surface area (Å²) in [5.74, 6) is -6.61. The van der Waals surface area contributed by atoms with Gasteiger partial charge in [-0.25, -0.2) is 13.2 Å². The van der Waals surface area contributed by atoms with Crippen molar-refractivity contribution in [2.75, 3.05) is 0 Å². The summed E-state index contributed by atoms with van der Waals surface area (Å²) in [6, 6.07) is 2.33. The minimum absolute atomic E-state index is 0.0296. The lowest BCUT2D eigenvalue weighted by Crippen LogP contribution is -2.53. The first-order valence-corrected chi connectivity index (χ1v) is 13.5. The van der Waals surface area contributed by atoms with Crippen molar-refractivity contribution in [1.82, 2.24) is 0 Å². The highest BCUT2D eigenvalue weighted by atomic mass is 28.4. The second-order valence-electron chi connectivity index (χ2n) is 9.77. The second-order valence-corrected chi connectivity index (χ2v) is 14.9. The number of hydrogen-bond acceptors (Lipinski definition) is 1. The number of rotatable bonds is 12. The summed E-state index contributed by atoms with van der Waals surface area (Å²) >= 11 is 0. The van der Waals surface area contributed by atoms with Gasteiger partial charge in [0.2, 0.25) is 5.82 Å². The maximum Gasteiger partial charge on any atom is 0.259 e. The van der Waals surface area contributed by atoms with E-state index in [1.807, 2.05) is 34.6 Å². The van der Waals surface area contributed by atoms with Crippen LogP contribution in [-0.4, -0.2) is 8.32 Å². The van der Waals surface area contributed by atoms with Crippen molar-refractivity contribution < 1.29 is 22.0 Å². The van der Waals surface area contributed by atoms with Crippen LogP contribution in [0, 0.1) is 35.3 Å². The average Bonchev–Trinajstić information content (AvgIpc) is 2.66. The lowest BCUT2D eigenvalue weighted by Gasteiger charge is -2.46. The largest absolute Gasteiger partial charge is 0.539 e. The maximum absolute atomic E-state index is 14.4. The van der Waals surface area contributed by atoms with E-state index < -0.39 is 37.3 Å². The van der Waals surface area contributed by atoms with Gasteiger partial charge in [0.05, 0.1) is 6.07 Å². The zero-order valence-electron chi connectivity index (χ0n) is 19.7. The molecule has 30 heavy (non-hydrogen) atoms. The Morgan fingerprint density at radius 2 is 1.53 bits per heavy atom. The summed E-state index contributed by atoms with van der Waals surface area (Å²) in [5.41, 5.74) is 0.0296. The van der Waals surface area contributed by atoms with Crippen LogP contribution in [-0.2, 0) is 0 Å². The summed E-state index contributed by atoms with van der Waals surface area (Å²) in [6.07, 6.45) is 7.90. The van der Waals surface area contributed by atoms with Crippen molar-refractivity contribution in [2.45, 2.75) is 110 Å². The van der Waals surface area contributed by atoms with Crippen LogP contribution in [0.2, 0.25) is 16.6 Å². The summed E-state index contributed by atoms with van der Waals surface area (Å²) in [7, 11) is -2.84. The fourth-order valence-corrected chi connectivity index (χ4v) is 9.54. The Labute approximate surface area is 181 Å². The van der Waals surface area contributed by atoms with Crippen molar-refractivity contribution in [3.8, 4) is 5.75 Å². The van der Waals surface area contributed by atoms with Gasteiger partial charge >= 0.3 is 0 Å². The van der Waals surface area contributed by atoms with Crippen LogP contribution in [0.3, 0.4) is 0 Å². The van der Waals surface area contributed by atoms with Gasteiger partial charge in [-0.1, -0.05) is 87.0 Å². The molecule has 2 atom stereocenters. The predicted octanol–water partition coefficient (Wildman–Crippen LogP) is 8.96. The van der Waals surface area contributed by atoms with E-state index in [1.54, 1.807) is 6.07 Å². The van der Waals surface area contributed by atoms with Crippen LogP contribution >= 0.6 is 0 Å². The topological polar surface area (TPSA) is 9.23 Å². The van der Waals surface area contributed by atoms with Crippen molar-refractivity contribution in [3.05, 3.63) is 29.3 Å². The van der Waals surface area contributed by atoms with E-state index in [0.717, 1.165) is 19.3 Å². The first kappa shape index (κ1) is 27.0. The van der Waals surface area contributed by atoms with Gasteiger partial charge < -0.3 is 4.43 Å². The molecule has 0 aromatic heterocycles.